The predicted molar refractivity (Wildman–Crippen MR) is 65.5 cm³/mol. The van der Waals surface area contributed by atoms with Crippen LogP contribution in [0.2, 0.25) is 0 Å². The molecule has 0 bridgehead atoms. The van der Waals surface area contributed by atoms with Crippen molar-refractivity contribution in [2.75, 3.05) is 12.7 Å². The molecular weight excluding hydrogens is 286 g/mol. The summed E-state index contributed by atoms with van der Waals surface area (Å²) in [6, 6.07) is -1.37. The van der Waals surface area contributed by atoms with Crippen molar-refractivity contribution in [2.24, 2.45) is 11.5 Å². The van der Waals surface area contributed by atoms with E-state index in [9.17, 15) is 24.0 Å². The average Bonchev–Trinajstić information content (AvgIpc) is 2.19. The largest absolute Gasteiger partial charge is 0.408 e. The van der Waals surface area contributed by atoms with Gasteiger partial charge in [-0.25, -0.2) is 0 Å². The second-order valence-electron chi connectivity index (χ2n) is 3.91. The molecule has 0 aliphatic heterocycles. The second-order valence-corrected chi connectivity index (χ2v) is 7.58. The highest BCUT2D eigenvalue weighted by Crippen LogP contribution is 2.53. The van der Waals surface area contributed by atoms with Gasteiger partial charge in [-0.15, -0.1) is 0 Å². The van der Waals surface area contributed by atoms with Crippen LogP contribution in [0.3, 0.4) is 0 Å². The molecule has 0 saturated heterocycles. The van der Waals surface area contributed by atoms with Gasteiger partial charge in [0.2, 0.25) is 0 Å². The number of hydrogen-bond donors (Lipinski definition) is 7. The standard InChI is InChI=1S/C7H18N2O7P2/c8-4-5(10)7(9)6(18(14,15)16)2-1-3-17(11,12)13/h6-7,14-16H,1-4,8-9H2,(H-,11,12,13)/p+1. The lowest BCUT2D eigenvalue weighted by molar-refractivity contribution is -0.119. The maximum atomic E-state index is 11.2. The summed E-state index contributed by atoms with van der Waals surface area (Å²) in [5.41, 5.74) is 9.14. The first-order valence-electron chi connectivity index (χ1n) is 5.09. The number of Topliss-reactive ketones (excluding diaryl/α,β-unsaturated/α-hetero) is 1. The summed E-state index contributed by atoms with van der Waals surface area (Å²) in [6.45, 7) is -0.420. The highest BCUT2D eigenvalue weighted by atomic mass is 31.2. The first kappa shape index (κ1) is 18.0. The van der Waals surface area contributed by atoms with Crippen molar-refractivity contribution in [2.45, 2.75) is 24.5 Å². The van der Waals surface area contributed by atoms with Crippen molar-refractivity contribution in [3.63, 3.8) is 0 Å². The molecule has 9 nitrogen and oxygen atoms in total. The number of ketones is 1. The topological polar surface area (TPSA) is 187 Å². The molecule has 0 heterocycles. The van der Waals surface area contributed by atoms with E-state index in [0.29, 0.717) is 0 Å². The third kappa shape index (κ3) is 6.84. The Hall–Kier alpha value is 0.0500. The molecular formula is C7H19N2O7P2+. The van der Waals surface area contributed by atoms with Crippen LogP contribution < -0.4 is 11.5 Å². The maximum Gasteiger partial charge on any atom is 0.408 e. The van der Waals surface area contributed by atoms with Crippen LogP contribution in [0.1, 0.15) is 12.8 Å². The first-order valence-corrected chi connectivity index (χ1v) is 8.60. The normalized spacial score (nSPS) is 16.4. The Morgan fingerprint density at radius 3 is 2.11 bits per heavy atom. The Kier molecular flexibility index (Phi) is 7.02. The van der Waals surface area contributed by atoms with E-state index in [1.54, 1.807) is 0 Å². The molecule has 0 radical (unpaired) electrons. The highest BCUT2D eigenvalue weighted by molar-refractivity contribution is 7.59. The Labute approximate surface area is 105 Å². The minimum Gasteiger partial charge on any atom is -0.324 e. The molecule has 11 heteroatoms. The molecule has 0 aromatic rings. The number of rotatable bonds is 8. The summed E-state index contributed by atoms with van der Waals surface area (Å²) in [4.78, 5) is 56.1. The zero-order chi connectivity index (χ0) is 14.6. The summed E-state index contributed by atoms with van der Waals surface area (Å²) in [5, 5.41) is 0. The molecule has 18 heavy (non-hydrogen) atoms. The second kappa shape index (κ2) is 7.00. The molecule has 0 fully saturated rings. The number of nitrogens with two attached hydrogens (primary N) is 2. The Bertz CT molecular complexity index is 326. The van der Waals surface area contributed by atoms with Crippen LogP contribution in [0.4, 0.5) is 0 Å². The minimum absolute atomic E-state index is 0.107. The van der Waals surface area contributed by atoms with Gasteiger partial charge in [-0.3, -0.25) is 9.36 Å². The summed E-state index contributed by atoms with van der Waals surface area (Å²) >= 11 is 0. The van der Waals surface area contributed by atoms with Crippen LogP contribution in [-0.2, 0) is 9.36 Å². The van der Waals surface area contributed by atoms with Crippen molar-refractivity contribution in [1.29, 1.82) is 0 Å². The molecule has 0 spiro atoms. The van der Waals surface area contributed by atoms with Gasteiger partial charge in [0.15, 0.2) is 11.4 Å². The SMILES string of the molecule is NCC(=O)C(N)C(CCCP(=O)(O)O)[P+](O)(O)O. The number of carbonyl (C=O) groups excluding carboxylic acids is 1. The summed E-state index contributed by atoms with van der Waals surface area (Å²) < 4.78 is 10.6. The quantitative estimate of drug-likeness (QED) is 0.246. The van der Waals surface area contributed by atoms with Crippen molar-refractivity contribution in [3.05, 3.63) is 0 Å². The van der Waals surface area contributed by atoms with E-state index < -0.39 is 45.7 Å². The summed E-state index contributed by atoms with van der Waals surface area (Å²) in [5.74, 6) is -0.669. The van der Waals surface area contributed by atoms with Gasteiger partial charge >= 0.3 is 15.5 Å². The van der Waals surface area contributed by atoms with Gasteiger partial charge in [0.25, 0.3) is 0 Å². The van der Waals surface area contributed by atoms with Gasteiger partial charge in [0.05, 0.1) is 6.54 Å². The van der Waals surface area contributed by atoms with Gasteiger partial charge in [0, 0.05) is 6.16 Å². The predicted octanol–water partition coefficient (Wildman–Crippen LogP) is -2.09. The van der Waals surface area contributed by atoms with Gasteiger partial charge in [-0.2, -0.15) is 14.7 Å². The monoisotopic (exact) mass is 305 g/mol. The molecule has 2 atom stereocenters. The minimum atomic E-state index is -4.39. The molecule has 2 unspecified atom stereocenters. The molecule has 108 valence electrons. The lowest BCUT2D eigenvalue weighted by Gasteiger charge is -2.22. The van der Waals surface area contributed by atoms with E-state index in [2.05, 4.69) is 0 Å². The van der Waals surface area contributed by atoms with Crippen molar-refractivity contribution in [1.82, 2.24) is 0 Å². The van der Waals surface area contributed by atoms with E-state index in [1.807, 2.05) is 0 Å². The van der Waals surface area contributed by atoms with Crippen LogP contribution in [0, 0.1) is 0 Å². The van der Waals surface area contributed by atoms with Crippen molar-refractivity contribution >= 4 is 21.3 Å². The summed E-state index contributed by atoms with van der Waals surface area (Å²) in [7, 11) is -8.60. The smallest absolute Gasteiger partial charge is 0.324 e. The molecule has 0 saturated carbocycles. The van der Waals surface area contributed by atoms with Gasteiger partial charge < -0.3 is 21.3 Å². The van der Waals surface area contributed by atoms with Gasteiger partial charge in [-0.1, -0.05) is 0 Å². The van der Waals surface area contributed by atoms with Crippen LogP contribution in [-0.4, -0.2) is 54.7 Å². The number of carbonyl (C=O) groups is 1. The fourth-order valence-electron chi connectivity index (χ4n) is 1.43. The average molecular weight is 305 g/mol. The van der Waals surface area contributed by atoms with Gasteiger partial charge in [-0.05, 0) is 12.8 Å². The fourth-order valence-corrected chi connectivity index (χ4v) is 3.15. The third-order valence-electron chi connectivity index (χ3n) is 2.38. The van der Waals surface area contributed by atoms with Gasteiger partial charge in [0.1, 0.15) is 6.04 Å². The van der Waals surface area contributed by atoms with Crippen LogP contribution in [0.5, 0.6) is 0 Å². The fraction of sp³-hybridized carbons (Fsp3) is 0.857. The van der Waals surface area contributed by atoms with Crippen molar-refractivity contribution in [3.8, 4) is 0 Å². The van der Waals surface area contributed by atoms with Crippen LogP contribution in [0.25, 0.3) is 0 Å². The first-order chi connectivity index (χ1) is 7.99. The molecule has 0 aromatic carbocycles. The lowest BCUT2D eigenvalue weighted by Crippen LogP contribution is -2.45. The maximum absolute atomic E-state index is 11.2. The Morgan fingerprint density at radius 1 is 1.28 bits per heavy atom. The molecule has 0 aromatic heterocycles. The number of hydrogen-bond acceptors (Lipinski definition) is 7. The summed E-state index contributed by atoms with van der Waals surface area (Å²) in [6.07, 6.45) is -0.799. The molecule has 0 aliphatic carbocycles. The van der Waals surface area contributed by atoms with E-state index >= 15 is 0 Å². The Morgan fingerprint density at radius 2 is 1.78 bits per heavy atom. The van der Waals surface area contributed by atoms with Crippen LogP contribution in [0.15, 0.2) is 0 Å². The van der Waals surface area contributed by atoms with E-state index in [1.165, 1.54) is 0 Å². The van der Waals surface area contributed by atoms with Crippen molar-refractivity contribution < 1.29 is 33.8 Å². The molecule has 0 aliphatic rings. The molecule has 9 N–H and O–H groups in total. The van der Waals surface area contributed by atoms with E-state index in [0.717, 1.165) is 0 Å². The lowest BCUT2D eigenvalue weighted by atomic mass is 10.1. The Balaban J connectivity index is 4.62. The van der Waals surface area contributed by atoms with E-state index in [-0.39, 0.29) is 12.8 Å². The molecule has 0 amide bonds. The molecule has 0 rings (SSSR count). The van der Waals surface area contributed by atoms with Crippen LogP contribution >= 0.6 is 15.5 Å². The highest BCUT2D eigenvalue weighted by Gasteiger charge is 2.48. The zero-order valence-electron chi connectivity index (χ0n) is 9.58. The third-order valence-corrected chi connectivity index (χ3v) is 4.75. The zero-order valence-corrected chi connectivity index (χ0v) is 11.4. The van der Waals surface area contributed by atoms with E-state index in [4.69, 9.17) is 21.3 Å².